The zero-order valence-corrected chi connectivity index (χ0v) is 16.7. The second kappa shape index (κ2) is 7.62. The molecular formula is C19H34N4O3. The molecule has 0 aromatic heterocycles. The van der Waals surface area contributed by atoms with Crippen LogP contribution in [0.3, 0.4) is 0 Å². The van der Waals surface area contributed by atoms with Crippen molar-refractivity contribution in [2.75, 3.05) is 46.4 Å². The minimum absolute atomic E-state index is 0.216. The zero-order chi connectivity index (χ0) is 18.8. The molecule has 2 aliphatic heterocycles. The molecule has 0 bridgehead atoms. The van der Waals surface area contributed by atoms with Crippen molar-refractivity contribution in [3.8, 4) is 0 Å². The average molecular weight is 367 g/mol. The van der Waals surface area contributed by atoms with Crippen LogP contribution in [-0.2, 0) is 9.47 Å². The van der Waals surface area contributed by atoms with Gasteiger partial charge in [0.05, 0.1) is 12.6 Å². The lowest BCUT2D eigenvalue weighted by Gasteiger charge is -2.43. The highest BCUT2D eigenvalue weighted by molar-refractivity contribution is 5.82. The monoisotopic (exact) mass is 366 g/mol. The van der Waals surface area contributed by atoms with Crippen LogP contribution in [0.5, 0.6) is 0 Å². The second-order valence-electron chi connectivity index (χ2n) is 8.89. The molecule has 148 valence electrons. The van der Waals surface area contributed by atoms with Gasteiger partial charge in [-0.3, -0.25) is 4.99 Å². The Balaban J connectivity index is 1.48. The Hall–Kier alpha value is -1.50. The van der Waals surface area contributed by atoms with Crippen LogP contribution >= 0.6 is 0 Å². The smallest absolute Gasteiger partial charge is 0.410 e. The Labute approximate surface area is 157 Å². The van der Waals surface area contributed by atoms with Crippen molar-refractivity contribution >= 4 is 12.1 Å². The molecule has 0 radical (unpaired) electrons. The third-order valence-electron chi connectivity index (χ3n) is 5.73. The van der Waals surface area contributed by atoms with Crippen LogP contribution in [0.15, 0.2) is 4.99 Å². The molecule has 1 aliphatic carbocycles. The van der Waals surface area contributed by atoms with Crippen LogP contribution in [0.25, 0.3) is 0 Å². The van der Waals surface area contributed by atoms with E-state index in [1.54, 1.807) is 7.11 Å². The summed E-state index contributed by atoms with van der Waals surface area (Å²) in [6.07, 6.45) is 4.75. The van der Waals surface area contributed by atoms with E-state index in [9.17, 15) is 4.79 Å². The lowest BCUT2D eigenvalue weighted by molar-refractivity contribution is 0.0136. The highest BCUT2D eigenvalue weighted by atomic mass is 16.6. The Morgan fingerprint density at radius 3 is 2.73 bits per heavy atom. The number of methoxy groups -OCH3 is 1. The van der Waals surface area contributed by atoms with Gasteiger partial charge in [0.1, 0.15) is 5.60 Å². The highest BCUT2D eigenvalue weighted by Gasteiger charge is 2.39. The first-order valence-electron chi connectivity index (χ1n) is 9.84. The first-order valence-corrected chi connectivity index (χ1v) is 9.84. The summed E-state index contributed by atoms with van der Waals surface area (Å²) in [7, 11) is 1.77. The molecule has 0 spiro atoms. The maximum Gasteiger partial charge on any atom is 0.410 e. The number of nitrogens with one attached hydrogen (secondary N) is 1. The Bertz CT molecular complexity index is 539. The normalized spacial score (nSPS) is 24.6. The number of ether oxygens (including phenoxy) is 2. The molecule has 0 aromatic carbocycles. The highest BCUT2D eigenvalue weighted by Crippen LogP contribution is 2.43. The van der Waals surface area contributed by atoms with Crippen LogP contribution < -0.4 is 5.32 Å². The minimum atomic E-state index is -0.452. The topological polar surface area (TPSA) is 66.4 Å². The number of rotatable bonds is 5. The van der Waals surface area contributed by atoms with Crippen LogP contribution in [-0.4, -0.2) is 79.9 Å². The van der Waals surface area contributed by atoms with E-state index in [-0.39, 0.29) is 12.1 Å². The summed E-state index contributed by atoms with van der Waals surface area (Å²) in [6, 6.07) is 0.259. The molecule has 1 unspecified atom stereocenters. The molecule has 3 rings (SSSR count). The van der Waals surface area contributed by atoms with Gasteiger partial charge in [0.25, 0.3) is 0 Å². The lowest BCUT2D eigenvalue weighted by atomic mass is 9.67. The average Bonchev–Trinajstić information content (AvgIpc) is 2.94. The summed E-state index contributed by atoms with van der Waals surface area (Å²) < 4.78 is 10.8. The fourth-order valence-electron chi connectivity index (χ4n) is 4.00. The van der Waals surface area contributed by atoms with Crippen LogP contribution in [0.1, 0.15) is 46.5 Å². The molecule has 1 saturated heterocycles. The maximum absolute atomic E-state index is 12.3. The number of carbonyl (C=O) groups excluding carboxylic acids is 1. The summed E-state index contributed by atoms with van der Waals surface area (Å²) in [5.74, 6) is 1.00. The number of carbonyl (C=O) groups is 1. The van der Waals surface area contributed by atoms with Gasteiger partial charge in [-0.1, -0.05) is 6.42 Å². The van der Waals surface area contributed by atoms with Crippen molar-refractivity contribution in [3.05, 3.63) is 0 Å². The van der Waals surface area contributed by atoms with E-state index >= 15 is 0 Å². The van der Waals surface area contributed by atoms with Crippen molar-refractivity contribution in [2.24, 2.45) is 10.4 Å². The molecule has 7 heteroatoms. The van der Waals surface area contributed by atoms with Crippen molar-refractivity contribution in [1.82, 2.24) is 15.1 Å². The van der Waals surface area contributed by atoms with E-state index in [2.05, 4.69) is 10.2 Å². The number of aliphatic imine (C=N–C) groups is 1. The predicted octanol–water partition coefficient (Wildman–Crippen LogP) is 2.07. The van der Waals surface area contributed by atoms with Gasteiger partial charge in [-0.05, 0) is 45.4 Å². The van der Waals surface area contributed by atoms with Gasteiger partial charge in [-0.15, -0.1) is 0 Å². The van der Waals surface area contributed by atoms with Gasteiger partial charge >= 0.3 is 6.09 Å². The molecule has 26 heavy (non-hydrogen) atoms. The third kappa shape index (κ3) is 4.42. The minimum Gasteiger partial charge on any atom is -0.444 e. The molecule has 2 fully saturated rings. The van der Waals surface area contributed by atoms with Gasteiger partial charge in [-0.25, -0.2) is 4.79 Å². The summed E-state index contributed by atoms with van der Waals surface area (Å²) in [4.78, 5) is 21.2. The summed E-state index contributed by atoms with van der Waals surface area (Å²) in [5.41, 5.74) is -0.0820. The van der Waals surface area contributed by atoms with Gasteiger partial charge < -0.3 is 24.6 Å². The number of hydrogen-bond donors (Lipinski definition) is 1. The fourth-order valence-corrected chi connectivity index (χ4v) is 4.00. The van der Waals surface area contributed by atoms with E-state index in [1.165, 1.54) is 19.3 Å². The summed E-state index contributed by atoms with van der Waals surface area (Å²) in [6.45, 7) is 10.4. The van der Waals surface area contributed by atoms with E-state index in [1.807, 2.05) is 25.7 Å². The van der Waals surface area contributed by atoms with Crippen LogP contribution in [0.2, 0.25) is 0 Å². The number of guanidine groups is 1. The Morgan fingerprint density at radius 1 is 1.35 bits per heavy atom. The number of piperazine rings is 1. The summed E-state index contributed by atoms with van der Waals surface area (Å²) >= 11 is 0. The number of nitrogens with zero attached hydrogens (tertiary/aromatic N) is 3. The Kier molecular flexibility index (Phi) is 5.65. The largest absolute Gasteiger partial charge is 0.444 e. The van der Waals surface area contributed by atoms with E-state index in [0.717, 1.165) is 38.6 Å². The number of hydrogen-bond acceptors (Lipinski definition) is 6. The zero-order valence-electron chi connectivity index (χ0n) is 16.7. The van der Waals surface area contributed by atoms with E-state index in [4.69, 9.17) is 14.5 Å². The molecule has 3 aliphatic rings. The van der Waals surface area contributed by atoms with Crippen molar-refractivity contribution in [3.63, 3.8) is 0 Å². The van der Waals surface area contributed by atoms with E-state index in [0.29, 0.717) is 18.5 Å². The van der Waals surface area contributed by atoms with Crippen molar-refractivity contribution in [2.45, 2.75) is 58.1 Å². The molecule has 1 amide bonds. The van der Waals surface area contributed by atoms with Gasteiger partial charge in [-0.2, -0.15) is 0 Å². The molecule has 1 atom stereocenters. The Morgan fingerprint density at radius 2 is 2.12 bits per heavy atom. The molecule has 1 saturated carbocycles. The number of amides is 1. The van der Waals surface area contributed by atoms with Crippen LogP contribution in [0, 0.1) is 5.41 Å². The van der Waals surface area contributed by atoms with Gasteiger partial charge in [0.15, 0.2) is 5.96 Å². The van der Waals surface area contributed by atoms with Crippen LogP contribution in [0.4, 0.5) is 4.79 Å². The summed E-state index contributed by atoms with van der Waals surface area (Å²) in [5, 5.41) is 3.60. The fraction of sp³-hybridized carbons (Fsp3) is 0.895. The molecule has 2 heterocycles. The van der Waals surface area contributed by atoms with Crippen molar-refractivity contribution in [1.29, 1.82) is 0 Å². The second-order valence-corrected chi connectivity index (χ2v) is 8.89. The quantitative estimate of drug-likeness (QED) is 0.807. The van der Waals surface area contributed by atoms with Gasteiger partial charge in [0.2, 0.25) is 0 Å². The molecular weight excluding hydrogens is 332 g/mol. The SMILES string of the molecule is COCCC1(CNC2=NCC3CN(C(=O)OC(C)(C)C)CCN23)CCC1. The number of fused-ring (bicyclic) bond motifs is 1. The van der Waals surface area contributed by atoms with Crippen molar-refractivity contribution < 1.29 is 14.3 Å². The van der Waals surface area contributed by atoms with E-state index < -0.39 is 5.60 Å². The molecule has 0 aromatic rings. The van der Waals surface area contributed by atoms with Gasteiger partial charge in [0, 0.05) is 39.9 Å². The first kappa shape index (κ1) is 19.3. The first-order chi connectivity index (χ1) is 12.3. The predicted molar refractivity (Wildman–Crippen MR) is 101 cm³/mol. The third-order valence-corrected chi connectivity index (χ3v) is 5.73. The maximum atomic E-state index is 12.3. The molecule has 7 nitrogen and oxygen atoms in total. The standard InChI is InChI=1S/C19H34N4O3/c1-18(2,3)26-17(24)22-9-10-23-15(13-22)12-20-16(23)21-14-19(6-5-7-19)8-11-25-4/h15H,5-14H2,1-4H3,(H,20,21). The molecule has 1 N–H and O–H groups in total. The lowest BCUT2D eigenvalue weighted by Crippen LogP contribution is -2.58.